The Balaban J connectivity index is 1.73. The lowest BCUT2D eigenvalue weighted by molar-refractivity contribution is -0.131. The van der Waals surface area contributed by atoms with E-state index >= 15 is 0 Å². The van der Waals surface area contributed by atoms with Crippen molar-refractivity contribution in [2.45, 2.75) is 40.0 Å². The van der Waals surface area contributed by atoms with Gasteiger partial charge in [0.25, 0.3) is 11.8 Å². The summed E-state index contributed by atoms with van der Waals surface area (Å²) >= 11 is 0. The fourth-order valence-electron chi connectivity index (χ4n) is 2.46. The Morgan fingerprint density at radius 2 is 1.54 bits per heavy atom. The Bertz CT molecular complexity index is 801. The van der Waals surface area contributed by atoms with Gasteiger partial charge < -0.3 is 9.47 Å². The van der Waals surface area contributed by atoms with Gasteiger partial charge in [-0.15, -0.1) is 0 Å². The van der Waals surface area contributed by atoms with Crippen LogP contribution in [0.15, 0.2) is 42.5 Å². The number of hydrogen-bond acceptors (Lipinski definition) is 4. The van der Waals surface area contributed by atoms with Crippen molar-refractivity contribution in [1.82, 2.24) is 10.9 Å². The van der Waals surface area contributed by atoms with Crippen LogP contribution in [0.25, 0.3) is 0 Å². The van der Waals surface area contributed by atoms with Crippen molar-refractivity contribution in [3.05, 3.63) is 59.2 Å². The molecule has 6 nitrogen and oxygen atoms in total. The summed E-state index contributed by atoms with van der Waals surface area (Å²) in [6.07, 6.45) is 0.941. The molecule has 0 bridgehead atoms. The van der Waals surface area contributed by atoms with E-state index in [1.807, 2.05) is 49.4 Å². The predicted octanol–water partition coefficient (Wildman–Crippen LogP) is 3.29. The molecule has 2 aromatic carbocycles. The van der Waals surface area contributed by atoms with E-state index < -0.39 is 11.8 Å². The number of carbonyl (C=O) groups excluding carboxylic acids is 2. The standard InChI is InChI=1S/C22H28N2O4/c1-5-17-7-10-19(11-8-17)27-13-21(25)23-24-22(26)14-28-20-12-18(15(2)3)9-6-16(20)4/h6-12,15H,5,13-14H2,1-4H3,(H,23,25)(H,24,26). The second-order valence-corrected chi connectivity index (χ2v) is 6.85. The molecular formula is C22H28N2O4. The number of benzene rings is 2. The lowest BCUT2D eigenvalue weighted by Gasteiger charge is -2.13. The first-order chi connectivity index (χ1) is 13.4. The Morgan fingerprint density at radius 3 is 2.11 bits per heavy atom. The number of ether oxygens (including phenoxy) is 2. The SMILES string of the molecule is CCc1ccc(OCC(=O)NNC(=O)COc2cc(C(C)C)ccc2C)cc1. The highest BCUT2D eigenvalue weighted by Crippen LogP contribution is 2.24. The maximum atomic E-state index is 11.9. The van der Waals surface area contributed by atoms with Gasteiger partial charge >= 0.3 is 0 Å². The van der Waals surface area contributed by atoms with Crippen LogP contribution in [0.3, 0.4) is 0 Å². The molecule has 0 heterocycles. The van der Waals surface area contributed by atoms with E-state index in [2.05, 4.69) is 31.6 Å². The van der Waals surface area contributed by atoms with Crippen LogP contribution in [-0.4, -0.2) is 25.0 Å². The van der Waals surface area contributed by atoms with Crippen LogP contribution in [0.1, 0.15) is 43.4 Å². The fourth-order valence-corrected chi connectivity index (χ4v) is 2.46. The quantitative estimate of drug-likeness (QED) is 0.685. The first-order valence-corrected chi connectivity index (χ1v) is 9.41. The summed E-state index contributed by atoms with van der Waals surface area (Å²) in [4.78, 5) is 23.7. The molecule has 2 N–H and O–H groups in total. The van der Waals surface area contributed by atoms with Crippen LogP contribution in [-0.2, 0) is 16.0 Å². The molecule has 6 heteroatoms. The highest BCUT2D eigenvalue weighted by atomic mass is 16.5. The van der Waals surface area contributed by atoms with Crippen molar-refractivity contribution in [2.24, 2.45) is 0 Å². The second kappa shape index (κ2) is 10.3. The Labute approximate surface area is 166 Å². The predicted molar refractivity (Wildman–Crippen MR) is 108 cm³/mol. The van der Waals surface area contributed by atoms with E-state index in [0.29, 0.717) is 17.4 Å². The maximum absolute atomic E-state index is 11.9. The third kappa shape index (κ3) is 6.61. The monoisotopic (exact) mass is 384 g/mol. The first-order valence-electron chi connectivity index (χ1n) is 9.41. The molecule has 0 radical (unpaired) electrons. The topological polar surface area (TPSA) is 76.7 Å². The van der Waals surface area contributed by atoms with E-state index in [4.69, 9.17) is 9.47 Å². The van der Waals surface area contributed by atoms with E-state index in [1.54, 1.807) is 0 Å². The average Bonchev–Trinajstić information content (AvgIpc) is 2.70. The van der Waals surface area contributed by atoms with Gasteiger partial charge in [0.15, 0.2) is 13.2 Å². The summed E-state index contributed by atoms with van der Waals surface area (Å²) in [6.45, 7) is 7.79. The summed E-state index contributed by atoms with van der Waals surface area (Å²) in [6, 6.07) is 13.5. The number of carbonyl (C=O) groups is 2. The number of amides is 2. The van der Waals surface area contributed by atoms with Gasteiger partial charge in [-0.3, -0.25) is 20.4 Å². The molecule has 2 aromatic rings. The molecule has 0 saturated heterocycles. The summed E-state index contributed by atoms with van der Waals surface area (Å²) in [7, 11) is 0. The van der Waals surface area contributed by atoms with Crippen LogP contribution < -0.4 is 20.3 Å². The zero-order valence-corrected chi connectivity index (χ0v) is 16.9. The van der Waals surface area contributed by atoms with Crippen LogP contribution in [0.5, 0.6) is 11.5 Å². The Morgan fingerprint density at radius 1 is 0.929 bits per heavy atom. The normalized spacial score (nSPS) is 10.5. The number of nitrogens with one attached hydrogen (secondary N) is 2. The molecule has 0 spiro atoms. The summed E-state index contributed by atoms with van der Waals surface area (Å²) in [5.74, 6) is 0.726. The smallest absolute Gasteiger partial charge is 0.276 e. The minimum absolute atomic E-state index is 0.192. The van der Waals surface area contributed by atoms with E-state index in [1.165, 1.54) is 5.56 Å². The van der Waals surface area contributed by atoms with Crippen LogP contribution >= 0.6 is 0 Å². The molecule has 0 fully saturated rings. The van der Waals surface area contributed by atoms with Gasteiger partial charge in [-0.1, -0.05) is 45.0 Å². The van der Waals surface area contributed by atoms with Crippen molar-refractivity contribution >= 4 is 11.8 Å². The number of aryl methyl sites for hydroxylation is 2. The zero-order chi connectivity index (χ0) is 20.5. The highest BCUT2D eigenvalue weighted by Gasteiger charge is 2.09. The maximum Gasteiger partial charge on any atom is 0.276 e. The molecular weight excluding hydrogens is 356 g/mol. The van der Waals surface area contributed by atoms with E-state index in [-0.39, 0.29) is 13.2 Å². The van der Waals surface area contributed by atoms with Crippen molar-refractivity contribution < 1.29 is 19.1 Å². The molecule has 0 atom stereocenters. The Kier molecular flexibility index (Phi) is 7.87. The molecule has 0 aliphatic carbocycles. The summed E-state index contributed by atoms with van der Waals surface area (Å²) in [5, 5.41) is 0. The molecule has 0 unspecified atom stereocenters. The van der Waals surface area contributed by atoms with Gasteiger partial charge in [-0.2, -0.15) is 0 Å². The van der Waals surface area contributed by atoms with E-state index in [0.717, 1.165) is 17.5 Å². The largest absolute Gasteiger partial charge is 0.484 e. The molecule has 150 valence electrons. The van der Waals surface area contributed by atoms with Gasteiger partial charge in [0, 0.05) is 0 Å². The van der Waals surface area contributed by atoms with Gasteiger partial charge in [-0.25, -0.2) is 0 Å². The zero-order valence-electron chi connectivity index (χ0n) is 16.9. The molecule has 2 rings (SSSR count). The van der Waals surface area contributed by atoms with Crippen molar-refractivity contribution in [2.75, 3.05) is 13.2 Å². The third-order valence-electron chi connectivity index (χ3n) is 4.28. The van der Waals surface area contributed by atoms with Gasteiger partial charge in [0.1, 0.15) is 11.5 Å². The summed E-state index contributed by atoms with van der Waals surface area (Å²) < 4.78 is 11.0. The number of rotatable bonds is 8. The van der Waals surface area contributed by atoms with Crippen molar-refractivity contribution in [1.29, 1.82) is 0 Å². The molecule has 0 aliphatic rings. The van der Waals surface area contributed by atoms with Gasteiger partial charge in [-0.05, 0) is 54.2 Å². The van der Waals surface area contributed by atoms with Crippen molar-refractivity contribution in [3.8, 4) is 11.5 Å². The molecule has 28 heavy (non-hydrogen) atoms. The first kappa shape index (κ1) is 21.3. The minimum Gasteiger partial charge on any atom is -0.484 e. The lowest BCUT2D eigenvalue weighted by atomic mass is 10.0. The number of hydrogen-bond donors (Lipinski definition) is 2. The molecule has 0 aromatic heterocycles. The van der Waals surface area contributed by atoms with Crippen LogP contribution in [0.2, 0.25) is 0 Å². The van der Waals surface area contributed by atoms with Gasteiger partial charge in [0.05, 0.1) is 0 Å². The number of hydrazine groups is 1. The second-order valence-electron chi connectivity index (χ2n) is 6.85. The van der Waals surface area contributed by atoms with Crippen LogP contribution in [0.4, 0.5) is 0 Å². The highest BCUT2D eigenvalue weighted by molar-refractivity contribution is 5.83. The summed E-state index contributed by atoms with van der Waals surface area (Å²) in [5.41, 5.74) is 7.91. The third-order valence-corrected chi connectivity index (χ3v) is 4.28. The van der Waals surface area contributed by atoms with E-state index in [9.17, 15) is 9.59 Å². The fraction of sp³-hybridized carbons (Fsp3) is 0.364. The minimum atomic E-state index is -0.453. The van der Waals surface area contributed by atoms with Crippen molar-refractivity contribution in [3.63, 3.8) is 0 Å². The molecule has 2 amide bonds. The lowest BCUT2D eigenvalue weighted by Crippen LogP contribution is -2.45. The van der Waals surface area contributed by atoms with Crippen LogP contribution in [0, 0.1) is 6.92 Å². The molecule has 0 saturated carbocycles. The van der Waals surface area contributed by atoms with Gasteiger partial charge in [0.2, 0.25) is 0 Å². The Hall–Kier alpha value is -3.02. The average molecular weight is 384 g/mol. The molecule has 0 aliphatic heterocycles.